The number of rotatable bonds is 4. The van der Waals surface area contributed by atoms with Gasteiger partial charge in [-0.05, 0) is 18.6 Å². The number of terminal acetylenes is 1. The van der Waals surface area contributed by atoms with E-state index >= 15 is 0 Å². The molecule has 4 nitrogen and oxygen atoms in total. The lowest BCUT2D eigenvalue weighted by Gasteiger charge is -2.13. The molecular formula is C19H16ClF3N4. The summed E-state index contributed by atoms with van der Waals surface area (Å²) in [4.78, 5) is 13.1. The van der Waals surface area contributed by atoms with Crippen molar-refractivity contribution in [2.45, 2.75) is 38.9 Å². The van der Waals surface area contributed by atoms with E-state index < -0.39 is 11.7 Å². The first-order chi connectivity index (χ1) is 12.8. The summed E-state index contributed by atoms with van der Waals surface area (Å²) in [7, 11) is 0. The molecule has 0 radical (unpaired) electrons. The summed E-state index contributed by atoms with van der Waals surface area (Å²) in [5.41, 5.74) is 0.916. The minimum Gasteiger partial charge on any atom is -0.298 e. The monoisotopic (exact) mass is 392 g/mol. The highest BCUT2D eigenvalue weighted by atomic mass is 35.5. The average Bonchev–Trinajstić information content (AvgIpc) is 3.01. The second kappa shape index (κ2) is 7.20. The highest BCUT2D eigenvalue weighted by molar-refractivity contribution is 6.33. The minimum atomic E-state index is -4.47. The van der Waals surface area contributed by atoms with Gasteiger partial charge in [0.05, 0.1) is 16.6 Å². The van der Waals surface area contributed by atoms with Gasteiger partial charge < -0.3 is 0 Å². The molecule has 0 fully saturated rings. The van der Waals surface area contributed by atoms with Crippen LogP contribution < -0.4 is 0 Å². The van der Waals surface area contributed by atoms with Crippen molar-refractivity contribution in [2.75, 3.05) is 0 Å². The van der Waals surface area contributed by atoms with E-state index in [1.165, 1.54) is 12.4 Å². The summed E-state index contributed by atoms with van der Waals surface area (Å²) >= 11 is 6.14. The minimum absolute atomic E-state index is 0.0542. The summed E-state index contributed by atoms with van der Waals surface area (Å²) in [5, 5.41) is -0.0542. The van der Waals surface area contributed by atoms with Gasteiger partial charge in [-0.25, -0.2) is 15.0 Å². The number of halogens is 4. The smallest absolute Gasteiger partial charge is 0.298 e. The number of fused-ring (bicyclic) bond motifs is 1. The lowest BCUT2D eigenvalue weighted by Crippen LogP contribution is -2.10. The summed E-state index contributed by atoms with van der Waals surface area (Å²) in [6.45, 7) is 3.91. The zero-order valence-corrected chi connectivity index (χ0v) is 15.4. The van der Waals surface area contributed by atoms with E-state index in [0.717, 1.165) is 18.0 Å². The molecule has 1 aromatic carbocycles. The maximum atomic E-state index is 12.9. The molecule has 1 unspecified atom stereocenters. The quantitative estimate of drug-likeness (QED) is 0.565. The van der Waals surface area contributed by atoms with Crippen molar-refractivity contribution in [3.8, 4) is 23.6 Å². The van der Waals surface area contributed by atoms with Crippen LogP contribution in [0.4, 0.5) is 13.2 Å². The van der Waals surface area contributed by atoms with E-state index in [0.29, 0.717) is 35.3 Å². The van der Waals surface area contributed by atoms with Crippen LogP contribution in [0.1, 0.15) is 37.7 Å². The Labute approximate surface area is 159 Å². The van der Waals surface area contributed by atoms with Crippen molar-refractivity contribution in [1.82, 2.24) is 19.5 Å². The number of hydrogen-bond donors (Lipinski definition) is 0. The van der Waals surface area contributed by atoms with Crippen LogP contribution in [0.15, 0.2) is 24.5 Å². The van der Waals surface area contributed by atoms with Crippen molar-refractivity contribution in [3.63, 3.8) is 0 Å². The van der Waals surface area contributed by atoms with Crippen molar-refractivity contribution < 1.29 is 13.2 Å². The van der Waals surface area contributed by atoms with E-state index in [2.05, 4.69) is 20.9 Å². The first-order valence-electron chi connectivity index (χ1n) is 8.36. The molecule has 0 amide bonds. The topological polar surface area (TPSA) is 43.6 Å². The Bertz CT molecular complexity index is 1030. The Morgan fingerprint density at radius 1 is 1.26 bits per heavy atom. The average molecular weight is 393 g/mol. The van der Waals surface area contributed by atoms with Gasteiger partial charge in [0, 0.05) is 12.0 Å². The van der Waals surface area contributed by atoms with E-state index in [4.69, 9.17) is 18.0 Å². The summed E-state index contributed by atoms with van der Waals surface area (Å²) in [5.74, 6) is 3.46. The van der Waals surface area contributed by atoms with Crippen molar-refractivity contribution in [2.24, 2.45) is 0 Å². The van der Waals surface area contributed by atoms with Crippen molar-refractivity contribution in [1.29, 1.82) is 0 Å². The second-order valence-corrected chi connectivity index (χ2v) is 6.34. The zero-order valence-electron chi connectivity index (χ0n) is 14.7. The van der Waals surface area contributed by atoms with Gasteiger partial charge in [-0.15, -0.1) is 6.42 Å². The first kappa shape index (κ1) is 19.2. The molecule has 27 heavy (non-hydrogen) atoms. The number of alkyl halides is 3. The van der Waals surface area contributed by atoms with Crippen LogP contribution in [-0.2, 0) is 12.6 Å². The third-order valence-corrected chi connectivity index (χ3v) is 4.62. The molecule has 0 aliphatic rings. The molecule has 8 heteroatoms. The Morgan fingerprint density at radius 2 is 2.00 bits per heavy atom. The molecule has 0 spiro atoms. The van der Waals surface area contributed by atoms with E-state index in [9.17, 15) is 13.2 Å². The summed E-state index contributed by atoms with van der Waals surface area (Å²) in [6.07, 6.45) is 3.83. The first-order valence-corrected chi connectivity index (χ1v) is 8.74. The largest absolute Gasteiger partial charge is 0.416 e. The molecule has 2 heterocycles. The van der Waals surface area contributed by atoms with Crippen LogP contribution in [0, 0.1) is 12.3 Å². The van der Waals surface area contributed by atoms with Crippen LogP contribution in [0.2, 0.25) is 5.02 Å². The molecule has 0 aliphatic carbocycles. The highest BCUT2D eigenvalue weighted by Gasteiger charge is 2.31. The predicted molar refractivity (Wildman–Crippen MR) is 98.3 cm³/mol. The lowest BCUT2D eigenvalue weighted by atomic mass is 10.1. The Balaban J connectivity index is 2.24. The van der Waals surface area contributed by atoms with Crippen molar-refractivity contribution in [3.05, 3.63) is 40.9 Å². The third kappa shape index (κ3) is 3.37. The molecule has 3 aromatic rings. The Morgan fingerprint density at radius 3 is 2.56 bits per heavy atom. The number of aromatic nitrogens is 4. The van der Waals surface area contributed by atoms with Crippen LogP contribution in [0.25, 0.3) is 22.4 Å². The van der Waals surface area contributed by atoms with E-state index in [1.54, 1.807) is 0 Å². The molecule has 0 aliphatic heterocycles. The van der Waals surface area contributed by atoms with E-state index in [1.807, 2.05) is 18.4 Å². The fraction of sp³-hybridized carbons (Fsp3) is 0.316. The number of benzene rings is 1. The maximum Gasteiger partial charge on any atom is 0.416 e. The van der Waals surface area contributed by atoms with Gasteiger partial charge in [-0.2, -0.15) is 13.2 Å². The van der Waals surface area contributed by atoms with Crippen LogP contribution in [0.3, 0.4) is 0 Å². The van der Waals surface area contributed by atoms with Crippen molar-refractivity contribution >= 4 is 22.8 Å². The van der Waals surface area contributed by atoms with Gasteiger partial charge in [-0.1, -0.05) is 37.4 Å². The van der Waals surface area contributed by atoms with Crippen LogP contribution >= 0.6 is 11.6 Å². The van der Waals surface area contributed by atoms with Crippen LogP contribution in [0.5, 0.6) is 0 Å². The third-order valence-electron chi connectivity index (χ3n) is 4.31. The highest BCUT2D eigenvalue weighted by Crippen LogP contribution is 2.37. The SMILES string of the molecule is C#CC(CC)n1c(CC)nc2c(-c3ccc(C(F)(F)F)cc3Cl)ncnc21. The van der Waals surface area contributed by atoms with Gasteiger partial charge >= 0.3 is 6.18 Å². The number of imidazole rings is 1. The van der Waals surface area contributed by atoms with Gasteiger partial charge in [0.25, 0.3) is 0 Å². The standard InChI is InChI=1S/C19H16ClF3N4/c1-4-12(5-2)27-15(6-3)26-17-16(24-10-25-18(17)27)13-8-7-11(9-14(13)20)19(21,22)23/h1,7-10,12H,5-6H2,2-3H3. The second-order valence-electron chi connectivity index (χ2n) is 5.93. The number of aryl methyl sites for hydroxylation is 1. The molecule has 3 rings (SSSR count). The van der Waals surface area contributed by atoms with E-state index in [-0.39, 0.29) is 11.1 Å². The lowest BCUT2D eigenvalue weighted by molar-refractivity contribution is -0.137. The number of hydrogen-bond acceptors (Lipinski definition) is 3. The molecule has 140 valence electrons. The maximum absolute atomic E-state index is 12.9. The Kier molecular flexibility index (Phi) is 5.11. The zero-order chi connectivity index (χ0) is 19.8. The van der Waals surface area contributed by atoms with Gasteiger partial charge in [0.1, 0.15) is 23.4 Å². The summed E-state index contributed by atoms with van der Waals surface area (Å²) < 4.78 is 40.6. The molecule has 0 bridgehead atoms. The molecule has 0 saturated heterocycles. The fourth-order valence-corrected chi connectivity index (χ4v) is 3.26. The van der Waals surface area contributed by atoms with Gasteiger partial charge in [-0.3, -0.25) is 4.57 Å². The number of nitrogens with zero attached hydrogens (tertiary/aromatic N) is 4. The molecule has 0 N–H and O–H groups in total. The molecular weight excluding hydrogens is 377 g/mol. The molecule has 1 atom stereocenters. The fourth-order valence-electron chi connectivity index (χ4n) is 2.99. The predicted octanol–water partition coefficient (Wildman–Crippen LogP) is 5.31. The molecule has 2 aromatic heterocycles. The van der Waals surface area contributed by atoms with Crippen LogP contribution in [-0.4, -0.2) is 19.5 Å². The van der Waals surface area contributed by atoms with Gasteiger partial charge in [0.2, 0.25) is 0 Å². The Hall–Kier alpha value is -2.59. The summed E-state index contributed by atoms with van der Waals surface area (Å²) in [6, 6.07) is 2.94. The van der Waals surface area contributed by atoms with Gasteiger partial charge in [0.15, 0.2) is 5.65 Å². The normalized spacial score (nSPS) is 12.9. The molecule has 0 saturated carbocycles.